The van der Waals surface area contributed by atoms with Gasteiger partial charge in [0.15, 0.2) is 0 Å². The highest BCUT2D eigenvalue weighted by atomic mass is 19.4. The van der Waals surface area contributed by atoms with Crippen LogP contribution >= 0.6 is 0 Å². The Labute approximate surface area is 163 Å². The van der Waals surface area contributed by atoms with E-state index in [0.717, 1.165) is 30.0 Å². The first-order valence-electron chi connectivity index (χ1n) is 9.43. The van der Waals surface area contributed by atoms with E-state index < -0.39 is 6.36 Å². The Hall–Kier alpha value is -2.63. The number of ether oxygens (including phenoxy) is 1. The molecule has 2 aromatic carbocycles. The Balaban J connectivity index is 1.75. The first kappa shape index (κ1) is 20.1. The fourth-order valence-corrected chi connectivity index (χ4v) is 3.43. The Morgan fingerprint density at radius 3 is 2.21 bits per heavy atom. The average Bonchev–Trinajstić information content (AvgIpc) is 2.67. The summed E-state index contributed by atoms with van der Waals surface area (Å²) in [5.74, 6) is 0.863. The van der Waals surface area contributed by atoms with Crippen molar-refractivity contribution in [1.29, 1.82) is 0 Å². The van der Waals surface area contributed by atoms with Crippen LogP contribution in [0.2, 0.25) is 0 Å². The molecule has 0 bridgehead atoms. The molecule has 28 heavy (non-hydrogen) atoms. The SMILES string of the molecule is CC1CCC(C(=NN=Cc2ccc(OC(F)(F)F)cc2)c2ccccc2)CC1. The van der Waals surface area contributed by atoms with Crippen LogP contribution in [-0.2, 0) is 0 Å². The van der Waals surface area contributed by atoms with Crippen molar-refractivity contribution in [2.45, 2.75) is 39.0 Å². The van der Waals surface area contributed by atoms with Gasteiger partial charge in [0.05, 0.1) is 11.9 Å². The van der Waals surface area contributed by atoms with Crippen molar-refractivity contribution in [1.82, 2.24) is 0 Å². The molecule has 1 aliphatic rings. The summed E-state index contributed by atoms with van der Waals surface area (Å²) >= 11 is 0. The molecule has 0 atom stereocenters. The van der Waals surface area contributed by atoms with Gasteiger partial charge in [0.1, 0.15) is 5.75 Å². The predicted molar refractivity (Wildman–Crippen MR) is 105 cm³/mol. The molecule has 0 aliphatic heterocycles. The summed E-state index contributed by atoms with van der Waals surface area (Å²) in [5.41, 5.74) is 2.69. The second-order valence-electron chi connectivity index (χ2n) is 7.17. The molecular formula is C22H23F3N2O. The fourth-order valence-electron chi connectivity index (χ4n) is 3.43. The van der Waals surface area contributed by atoms with Gasteiger partial charge in [-0.15, -0.1) is 13.2 Å². The maximum absolute atomic E-state index is 12.2. The summed E-state index contributed by atoms with van der Waals surface area (Å²) < 4.78 is 40.6. The zero-order valence-corrected chi connectivity index (χ0v) is 15.7. The van der Waals surface area contributed by atoms with Gasteiger partial charge in [0.2, 0.25) is 0 Å². The van der Waals surface area contributed by atoms with Gasteiger partial charge in [-0.1, -0.05) is 50.1 Å². The van der Waals surface area contributed by atoms with E-state index in [4.69, 9.17) is 0 Å². The fraction of sp³-hybridized carbons (Fsp3) is 0.364. The largest absolute Gasteiger partial charge is 0.573 e. The third kappa shape index (κ3) is 5.94. The molecule has 148 valence electrons. The molecule has 1 aliphatic carbocycles. The van der Waals surface area contributed by atoms with Crippen molar-refractivity contribution in [3.8, 4) is 5.75 Å². The monoisotopic (exact) mass is 388 g/mol. The molecule has 0 heterocycles. The lowest BCUT2D eigenvalue weighted by Crippen LogP contribution is -2.21. The quantitative estimate of drug-likeness (QED) is 0.441. The highest BCUT2D eigenvalue weighted by molar-refractivity contribution is 6.02. The summed E-state index contributed by atoms with van der Waals surface area (Å²) in [6, 6.07) is 15.6. The zero-order valence-electron chi connectivity index (χ0n) is 15.7. The highest BCUT2D eigenvalue weighted by Gasteiger charge is 2.30. The molecule has 1 saturated carbocycles. The molecule has 1 fully saturated rings. The van der Waals surface area contributed by atoms with Gasteiger partial charge in [0.25, 0.3) is 0 Å². The van der Waals surface area contributed by atoms with E-state index >= 15 is 0 Å². The van der Waals surface area contributed by atoms with Gasteiger partial charge in [0, 0.05) is 5.92 Å². The first-order valence-corrected chi connectivity index (χ1v) is 9.43. The van der Waals surface area contributed by atoms with Crippen molar-refractivity contribution in [3.05, 3.63) is 65.7 Å². The van der Waals surface area contributed by atoms with Gasteiger partial charge in [-0.25, -0.2) is 0 Å². The molecule has 3 nitrogen and oxygen atoms in total. The van der Waals surface area contributed by atoms with Crippen LogP contribution in [-0.4, -0.2) is 18.3 Å². The van der Waals surface area contributed by atoms with Gasteiger partial charge in [-0.3, -0.25) is 0 Å². The van der Waals surface area contributed by atoms with Crippen molar-refractivity contribution in [2.24, 2.45) is 22.0 Å². The average molecular weight is 388 g/mol. The molecule has 6 heteroatoms. The summed E-state index contributed by atoms with van der Waals surface area (Å²) in [6.07, 6.45) is 1.40. The third-order valence-electron chi connectivity index (χ3n) is 4.96. The lowest BCUT2D eigenvalue weighted by Gasteiger charge is -2.27. The third-order valence-corrected chi connectivity index (χ3v) is 4.96. The topological polar surface area (TPSA) is 34.0 Å². The molecule has 0 radical (unpaired) electrons. The van der Waals surface area contributed by atoms with Crippen molar-refractivity contribution in [2.75, 3.05) is 0 Å². The van der Waals surface area contributed by atoms with Crippen LogP contribution in [0, 0.1) is 11.8 Å². The minimum atomic E-state index is -4.69. The van der Waals surface area contributed by atoms with E-state index in [0.29, 0.717) is 11.5 Å². The number of hydrogen-bond donors (Lipinski definition) is 0. The molecule has 2 aromatic rings. The number of benzene rings is 2. The molecule has 0 spiro atoms. The lowest BCUT2D eigenvalue weighted by molar-refractivity contribution is -0.274. The van der Waals surface area contributed by atoms with Gasteiger partial charge < -0.3 is 4.74 Å². The summed E-state index contributed by atoms with van der Waals surface area (Å²) in [7, 11) is 0. The molecule has 3 rings (SSSR count). The van der Waals surface area contributed by atoms with E-state index in [1.165, 1.54) is 37.1 Å². The number of rotatable bonds is 5. The standard InChI is InChI=1S/C22H23F3N2O/c1-16-7-11-19(12-8-16)21(18-5-3-2-4-6-18)27-26-15-17-9-13-20(14-10-17)28-22(23,24)25/h2-6,9-10,13-16,19H,7-8,11-12H2,1H3. The predicted octanol–water partition coefficient (Wildman–Crippen LogP) is 6.23. The number of alkyl halides is 3. The first-order chi connectivity index (χ1) is 13.4. The Kier molecular flexibility index (Phi) is 6.49. The minimum Gasteiger partial charge on any atom is -0.406 e. The maximum atomic E-state index is 12.2. The Morgan fingerprint density at radius 1 is 0.964 bits per heavy atom. The van der Waals surface area contributed by atoms with Crippen LogP contribution in [0.5, 0.6) is 5.75 Å². The van der Waals surface area contributed by atoms with Crippen LogP contribution in [0.3, 0.4) is 0 Å². The van der Waals surface area contributed by atoms with Gasteiger partial charge >= 0.3 is 6.36 Å². The Morgan fingerprint density at radius 2 is 1.61 bits per heavy atom. The van der Waals surface area contributed by atoms with Crippen LogP contribution < -0.4 is 4.74 Å². The second-order valence-corrected chi connectivity index (χ2v) is 7.17. The number of nitrogens with zero attached hydrogens (tertiary/aromatic N) is 2. The molecule has 0 saturated heterocycles. The van der Waals surface area contributed by atoms with Crippen LogP contribution in [0.1, 0.15) is 43.7 Å². The minimum absolute atomic E-state index is 0.255. The van der Waals surface area contributed by atoms with Gasteiger partial charge in [-0.2, -0.15) is 10.2 Å². The van der Waals surface area contributed by atoms with E-state index in [1.54, 1.807) is 6.21 Å². The molecule has 0 amide bonds. The van der Waals surface area contributed by atoms with Crippen molar-refractivity contribution in [3.63, 3.8) is 0 Å². The van der Waals surface area contributed by atoms with Crippen molar-refractivity contribution < 1.29 is 17.9 Å². The van der Waals surface area contributed by atoms with Crippen molar-refractivity contribution >= 4 is 11.9 Å². The number of halogens is 3. The molecule has 0 aromatic heterocycles. The van der Waals surface area contributed by atoms with Crippen LogP contribution in [0.25, 0.3) is 0 Å². The Bertz CT molecular complexity index is 806. The molecular weight excluding hydrogens is 365 g/mol. The summed E-state index contributed by atoms with van der Waals surface area (Å²) in [4.78, 5) is 0. The van der Waals surface area contributed by atoms with Crippen LogP contribution in [0.4, 0.5) is 13.2 Å². The van der Waals surface area contributed by atoms with E-state index in [2.05, 4.69) is 21.9 Å². The zero-order chi connectivity index (χ0) is 20.0. The van der Waals surface area contributed by atoms with E-state index in [-0.39, 0.29) is 5.75 Å². The van der Waals surface area contributed by atoms with Crippen LogP contribution in [0.15, 0.2) is 64.8 Å². The summed E-state index contributed by atoms with van der Waals surface area (Å²) in [6.45, 7) is 2.28. The smallest absolute Gasteiger partial charge is 0.406 e. The molecule has 0 unspecified atom stereocenters. The second kappa shape index (κ2) is 9.04. The maximum Gasteiger partial charge on any atom is 0.573 e. The highest BCUT2D eigenvalue weighted by Crippen LogP contribution is 2.31. The number of hydrogen-bond acceptors (Lipinski definition) is 3. The lowest BCUT2D eigenvalue weighted by atomic mass is 9.79. The summed E-state index contributed by atoms with van der Waals surface area (Å²) in [5, 5.41) is 8.71. The normalized spacial score (nSPS) is 21.1. The van der Waals surface area contributed by atoms with E-state index in [9.17, 15) is 13.2 Å². The molecule has 0 N–H and O–H groups in total. The van der Waals surface area contributed by atoms with E-state index in [1.807, 2.05) is 30.3 Å². The van der Waals surface area contributed by atoms with Gasteiger partial charge in [-0.05, 0) is 54.2 Å².